The van der Waals surface area contributed by atoms with Gasteiger partial charge in [-0.3, -0.25) is 4.79 Å². The molecule has 2 aromatic rings. The molecule has 0 bridgehead atoms. The molecule has 0 saturated carbocycles. The number of rotatable bonds is 7. The minimum absolute atomic E-state index is 0.0729. The van der Waals surface area contributed by atoms with Gasteiger partial charge in [-0.2, -0.15) is 0 Å². The number of carbonyl (C=O) groups excluding carboxylic acids is 1. The van der Waals surface area contributed by atoms with Crippen LogP contribution in [-0.4, -0.2) is 5.91 Å². The van der Waals surface area contributed by atoms with Gasteiger partial charge in [0.2, 0.25) is 5.91 Å². The molecule has 0 spiro atoms. The second-order valence-corrected chi connectivity index (χ2v) is 5.65. The highest BCUT2D eigenvalue weighted by atomic mass is 35.5. The van der Waals surface area contributed by atoms with Crippen LogP contribution in [0.1, 0.15) is 31.7 Å². The number of unbranched alkanes of at least 4 members (excludes halogenated alkanes) is 1. The Balaban J connectivity index is 1.83. The van der Waals surface area contributed by atoms with Crippen LogP contribution in [0.25, 0.3) is 0 Å². The van der Waals surface area contributed by atoms with Crippen molar-refractivity contribution < 1.29 is 4.79 Å². The van der Waals surface area contributed by atoms with E-state index in [0.717, 1.165) is 35.8 Å². The van der Waals surface area contributed by atoms with Crippen molar-refractivity contribution in [2.75, 3.05) is 10.6 Å². The standard InChI is InChI=1S/C18H21ClN2O/c1-2-3-4-18(22)21-17-11-9-16(10-12-17)20-13-14-5-7-15(19)8-6-14/h5-12,20H,2-4,13H2,1H3,(H,21,22). The van der Waals surface area contributed by atoms with E-state index in [1.54, 1.807) is 0 Å². The second-order valence-electron chi connectivity index (χ2n) is 5.21. The zero-order chi connectivity index (χ0) is 15.8. The van der Waals surface area contributed by atoms with Crippen molar-refractivity contribution in [2.24, 2.45) is 0 Å². The maximum Gasteiger partial charge on any atom is 0.224 e. The van der Waals surface area contributed by atoms with Gasteiger partial charge in [0.25, 0.3) is 0 Å². The van der Waals surface area contributed by atoms with Crippen LogP contribution < -0.4 is 10.6 Å². The molecule has 2 aromatic carbocycles. The average Bonchev–Trinajstić information content (AvgIpc) is 2.54. The molecule has 4 heteroatoms. The van der Waals surface area contributed by atoms with E-state index in [1.165, 1.54) is 5.56 Å². The normalized spacial score (nSPS) is 10.3. The van der Waals surface area contributed by atoms with Crippen molar-refractivity contribution in [3.63, 3.8) is 0 Å². The van der Waals surface area contributed by atoms with E-state index >= 15 is 0 Å². The molecule has 0 radical (unpaired) electrons. The van der Waals surface area contributed by atoms with Gasteiger partial charge < -0.3 is 10.6 Å². The number of benzene rings is 2. The minimum atomic E-state index is 0.0729. The highest BCUT2D eigenvalue weighted by Crippen LogP contribution is 2.16. The van der Waals surface area contributed by atoms with Crippen molar-refractivity contribution in [1.82, 2.24) is 0 Å². The third-order valence-corrected chi connectivity index (χ3v) is 3.59. The van der Waals surface area contributed by atoms with Crippen LogP contribution in [0.2, 0.25) is 5.02 Å². The number of anilines is 2. The van der Waals surface area contributed by atoms with Crippen LogP contribution in [0, 0.1) is 0 Å². The van der Waals surface area contributed by atoms with Crippen LogP contribution in [0.4, 0.5) is 11.4 Å². The summed E-state index contributed by atoms with van der Waals surface area (Å²) in [5, 5.41) is 6.98. The van der Waals surface area contributed by atoms with Crippen LogP contribution in [0.5, 0.6) is 0 Å². The van der Waals surface area contributed by atoms with E-state index in [0.29, 0.717) is 6.42 Å². The Morgan fingerprint density at radius 1 is 1.00 bits per heavy atom. The Bertz CT molecular complexity index is 593. The highest BCUT2D eigenvalue weighted by Gasteiger charge is 2.01. The maximum atomic E-state index is 11.7. The van der Waals surface area contributed by atoms with Gasteiger partial charge in [-0.05, 0) is 48.4 Å². The first kappa shape index (κ1) is 16.4. The molecule has 0 aliphatic carbocycles. The summed E-state index contributed by atoms with van der Waals surface area (Å²) in [5.41, 5.74) is 3.01. The Kier molecular flexibility index (Phi) is 6.28. The number of amides is 1. The maximum absolute atomic E-state index is 11.7. The van der Waals surface area contributed by atoms with Crippen molar-refractivity contribution >= 4 is 28.9 Å². The first-order valence-corrected chi connectivity index (χ1v) is 7.93. The largest absolute Gasteiger partial charge is 0.381 e. The summed E-state index contributed by atoms with van der Waals surface area (Å²) in [5.74, 6) is 0.0729. The topological polar surface area (TPSA) is 41.1 Å². The molecule has 0 atom stereocenters. The summed E-state index contributed by atoms with van der Waals surface area (Å²) in [6.45, 7) is 2.81. The lowest BCUT2D eigenvalue weighted by Crippen LogP contribution is -2.10. The summed E-state index contributed by atoms with van der Waals surface area (Å²) in [4.78, 5) is 11.7. The summed E-state index contributed by atoms with van der Waals surface area (Å²) < 4.78 is 0. The lowest BCUT2D eigenvalue weighted by atomic mass is 10.2. The molecule has 0 aromatic heterocycles. The van der Waals surface area contributed by atoms with Crippen molar-refractivity contribution in [3.8, 4) is 0 Å². The first-order chi connectivity index (χ1) is 10.7. The SMILES string of the molecule is CCCCC(=O)Nc1ccc(NCc2ccc(Cl)cc2)cc1. The van der Waals surface area contributed by atoms with Gasteiger partial charge in [0, 0.05) is 29.4 Å². The quantitative estimate of drug-likeness (QED) is 0.747. The highest BCUT2D eigenvalue weighted by molar-refractivity contribution is 6.30. The molecule has 0 aliphatic rings. The van der Waals surface area contributed by atoms with Gasteiger partial charge in [0.15, 0.2) is 0 Å². The third kappa shape index (κ3) is 5.41. The van der Waals surface area contributed by atoms with Gasteiger partial charge >= 0.3 is 0 Å². The third-order valence-electron chi connectivity index (χ3n) is 3.34. The Labute approximate surface area is 136 Å². The average molecular weight is 317 g/mol. The predicted molar refractivity (Wildman–Crippen MR) is 93.4 cm³/mol. The molecule has 0 fully saturated rings. The van der Waals surface area contributed by atoms with E-state index in [9.17, 15) is 4.79 Å². The molecular formula is C18H21ClN2O. The zero-order valence-electron chi connectivity index (χ0n) is 12.7. The van der Waals surface area contributed by atoms with Gasteiger partial charge in [-0.1, -0.05) is 37.1 Å². The molecule has 22 heavy (non-hydrogen) atoms. The number of halogens is 1. The predicted octanol–water partition coefficient (Wildman–Crippen LogP) is 5.08. The molecule has 3 nitrogen and oxygen atoms in total. The number of nitrogens with one attached hydrogen (secondary N) is 2. The summed E-state index contributed by atoms with van der Waals surface area (Å²) in [6, 6.07) is 15.5. The molecule has 2 N–H and O–H groups in total. The van der Waals surface area contributed by atoms with Crippen LogP contribution >= 0.6 is 11.6 Å². The lowest BCUT2D eigenvalue weighted by Gasteiger charge is -2.09. The van der Waals surface area contributed by atoms with Gasteiger partial charge in [-0.15, -0.1) is 0 Å². The number of hydrogen-bond acceptors (Lipinski definition) is 2. The molecule has 116 valence electrons. The molecule has 0 aliphatic heterocycles. The lowest BCUT2D eigenvalue weighted by molar-refractivity contribution is -0.116. The van der Waals surface area contributed by atoms with Gasteiger partial charge in [0.05, 0.1) is 0 Å². The molecule has 0 saturated heterocycles. The first-order valence-electron chi connectivity index (χ1n) is 7.55. The second kappa shape index (κ2) is 8.44. The van der Waals surface area contributed by atoms with Crippen LogP contribution in [-0.2, 0) is 11.3 Å². The summed E-state index contributed by atoms with van der Waals surface area (Å²) in [7, 11) is 0. The molecule has 1 amide bonds. The smallest absolute Gasteiger partial charge is 0.224 e. The molecule has 2 rings (SSSR count). The van der Waals surface area contributed by atoms with E-state index < -0.39 is 0 Å². The van der Waals surface area contributed by atoms with Crippen molar-refractivity contribution in [1.29, 1.82) is 0 Å². The minimum Gasteiger partial charge on any atom is -0.381 e. The van der Waals surface area contributed by atoms with Crippen LogP contribution in [0.15, 0.2) is 48.5 Å². The molecule has 0 heterocycles. The number of hydrogen-bond donors (Lipinski definition) is 2. The fourth-order valence-corrected chi connectivity index (χ4v) is 2.16. The van der Waals surface area contributed by atoms with Crippen molar-refractivity contribution in [2.45, 2.75) is 32.7 Å². The van der Waals surface area contributed by atoms with Gasteiger partial charge in [-0.25, -0.2) is 0 Å². The molecular weight excluding hydrogens is 296 g/mol. The summed E-state index contributed by atoms with van der Waals surface area (Å²) in [6.07, 6.45) is 2.53. The fraction of sp³-hybridized carbons (Fsp3) is 0.278. The fourth-order valence-electron chi connectivity index (χ4n) is 2.04. The summed E-state index contributed by atoms with van der Waals surface area (Å²) >= 11 is 5.86. The van der Waals surface area contributed by atoms with E-state index in [-0.39, 0.29) is 5.91 Å². The Hall–Kier alpha value is -2.00. The Morgan fingerprint density at radius 2 is 1.64 bits per heavy atom. The van der Waals surface area contributed by atoms with E-state index in [2.05, 4.69) is 17.6 Å². The molecule has 0 unspecified atom stereocenters. The zero-order valence-corrected chi connectivity index (χ0v) is 13.5. The Morgan fingerprint density at radius 3 is 2.27 bits per heavy atom. The van der Waals surface area contributed by atoms with Crippen molar-refractivity contribution in [3.05, 3.63) is 59.1 Å². The monoisotopic (exact) mass is 316 g/mol. The van der Waals surface area contributed by atoms with E-state index in [4.69, 9.17) is 11.6 Å². The number of carbonyl (C=O) groups is 1. The van der Waals surface area contributed by atoms with Gasteiger partial charge in [0.1, 0.15) is 0 Å². The van der Waals surface area contributed by atoms with Crippen LogP contribution in [0.3, 0.4) is 0 Å². The van der Waals surface area contributed by atoms with E-state index in [1.807, 2.05) is 48.5 Å².